The molecule has 2 heteroatoms. The van der Waals surface area contributed by atoms with Crippen molar-refractivity contribution in [2.24, 2.45) is 0 Å². The molecule has 1 atom stereocenters. The first-order valence-corrected chi connectivity index (χ1v) is 7.80. The summed E-state index contributed by atoms with van der Waals surface area (Å²) in [4.78, 5) is 2.64. The van der Waals surface area contributed by atoms with Gasteiger partial charge in [0.05, 0.1) is 6.10 Å². The molecule has 1 fully saturated rings. The quantitative estimate of drug-likeness (QED) is 0.900. The number of rotatable bonds is 3. The largest absolute Gasteiger partial charge is 0.393 e. The van der Waals surface area contributed by atoms with Crippen LogP contribution in [0.1, 0.15) is 50.2 Å². The number of aliphatic hydroxyl groups excluding tert-OH is 1. The highest BCUT2D eigenvalue weighted by Gasteiger charge is 2.27. The van der Waals surface area contributed by atoms with Gasteiger partial charge in [0.15, 0.2) is 0 Å². The fraction of sp³-hybridized carbons (Fsp3) is 0.647. The molecule has 0 spiro atoms. The third-order valence-corrected chi connectivity index (χ3v) is 4.62. The van der Waals surface area contributed by atoms with Gasteiger partial charge in [0.2, 0.25) is 0 Å². The molecule has 1 heterocycles. The number of anilines is 1. The topological polar surface area (TPSA) is 23.5 Å². The van der Waals surface area contributed by atoms with Crippen LogP contribution in [0.3, 0.4) is 0 Å². The molecule has 3 rings (SSSR count). The van der Waals surface area contributed by atoms with Crippen molar-refractivity contribution in [3.8, 4) is 0 Å². The van der Waals surface area contributed by atoms with Crippen LogP contribution in [0.15, 0.2) is 18.2 Å². The molecule has 1 saturated carbocycles. The molecular formula is C17H25NO. The molecule has 1 unspecified atom stereocenters. The van der Waals surface area contributed by atoms with E-state index in [2.05, 4.69) is 23.1 Å². The SMILES string of the molecule is CC(O)Cc1ccc2c(c1)CCN2C1CCCCC1. The number of benzene rings is 1. The third kappa shape index (κ3) is 2.79. The highest BCUT2D eigenvalue weighted by molar-refractivity contribution is 5.60. The number of hydrogen-bond donors (Lipinski definition) is 1. The minimum absolute atomic E-state index is 0.242. The Bertz CT molecular complexity index is 435. The van der Waals surface area contributed by atoms with E-state index < -0.39 is 0 Å². The molecule has 0 amide bonds. The maximum absolute atomic E-state index is 9.50. The molecule has 104 valence electrons. The van der Waals surface area contributed by atoms with E-state index in [1.807, 2.05) is 6.92 Å². The molecule has 2 aliphatic rings. The summed E-state index contributed by atoms with van der Waals surface area (Å²) in [6, 6.07) is 7.57. The second kappa shape index (κ2) is 5.54. The van der Waals surface area contributed by atoms with Crippen LogP contribution in [0.2, 0.25) is 0 Å². The molecule has 1 aliphatic heterocycles. The predicted molar refractivity (Wildman–Crippen MR) is 79.7 cm³/mol. The summed E-state index contributed by atoms with van der Waals surface area (Å²) in [5, 5.41) is 9.50. The van der Waals surface area contributed by atoms with Crippen molar-refractivity contribution in [1.82, 2.24) is 0 Å². The molecule has 1 aromatic rings. The lowest BCUT2D eigenvalue weighted by Gasteiger charge is -2.33. The lowest BCUT2D eigenvalue weighted by molar-refractivity contribution is 0.195. The second-order valence-corrected chi connectivity index (χ2v) is 6.25. The Morgan fingerprint density at radius 1 is 1.26 bits per heavy atom. The Hall–Kier alpha value is -1.02. The van der Waals surface area contributed by atoms with Crippen LogP contribution in [0.4, 0.5) is 5.69 Å². The molecule has 2 nitrogen and oxygen atoms in total. The normalized spacial score (nSPS) is 21.5. The van der Waals surface area contributed by atoms with Gasteiger partial charge in [-0.25, -0.2) is 0 Å². The first-order valence-electron chi connectivity index (χ1n) is 7.80. The fourth-order valence-corrected chi connectivity index (χ4v) is 3.72. The van der Waals surface area contributed by atoms with Gasteiger partial charge in [0.1, 0.15) is 0 Å². The van der Waals surface area contributed by atoms with Gasteiger partial charge in [0.25, 0.3) is 0 Å². The summed E-state index contributed by atoms with van der Waals surface area (Å²) in [7, 11) is 0. The van der Waals surface area contributed by atoms with Crippen LogP contribution >= 0.6 is 0 Å². The van der Waals surface area contributed by atoms with Crippen molar-refractivity contribution in [1.29, 1.82) is 0 Å². The zero-order valence-electron chi connectivity index (χ0n) is 11.9. The number of nitrogens with zero attached hydrogens (tertiary/aromatic N) is 1. The summed E-state index contributed by atoms with van der Waals surface area (Å²) in [6.07, 6.45) is 8.67. The minimum atomic E-state index is -0.242. The van der Waals surface area contributed by atoms with Crippen molar-refractivity contribution < 1.29 is 5.11 Å². The smallest absolute Gasteiger partial charge is 0.0552 e. The Labute approximate surface area is 116 Å². The summed E-state index contributed by atoms with van der Waals surface area (Å²) in [5.41, 5.74) is 4.23. The van der Waals surface area contributed by atoms with Gasteiger partial charge >= 0.3 is 0 Å². The van der Waals surface area contributed by atoms with Crippen molar-refractivity contribution in [2.45, 2.75) is 64.0 Å². The third-order valence-electron chi connectivity index (χ3n) is 4.62. The first kappa shape index (κ1) is 13.0. The van der Waals surface area contributed by atoms with Gasteiger partial charge in [-0.2, -0.15) is 0 Å². The molecule has 1 N–H and O–H groups in total. The minimum Gasteiger partial charge on any atom is -0.393 e. The van der Waals surface area contributed by atoms with Crippen LogP contribution in [-0.4, -0.2) is 23.8 Å². The molecule has 19 heavy (non-hydrogen) atoms. The van der Waals surface area contributed by atoms with E-state index in [1.54, 1.807) is 0 Å². The summed E-state index contributed by atoms with van der Waals surface area (Å²) in [6.45, 7) is 3.06. The number of hydrogen-bond acceptors (Lipinski definition) is 2. The number of fused-ring (bicyclic) bond motifs is 1. The molecule has 0 saturated heterocycles. The van der Waals surface area contributed by atoms with E-state index in [4.69, 9.17) is 0 Å². The van der Waals surface area contributed by atoms with E-state index in [0.29, 0.717) is 0 Å². The van der Waals surface area contributed by atoms with Gasteiger partial charge in [0, 0.05) is 18.3 Å². The lowest BCUT2D eigenvalue weighted by Crippen LogP contribution is -2.35. The number of aliphatic hydroxyl groups is 1. The summed E-state index contributed by atoms with van der Waals surface area (Å²) >= 11 is 0. The molecule has 0 bridgehead atoms. The standard InChI is InChI=1S/C17H25NO/c1-13(19)11-14-7-8-17-15(12-14)9-10-18(17)16-5-3-2-4-6-16/h7-8,12-13,16,19H,2-6,9-11H2,1H3. The van der Waals surface area contributed by atoms with E-state index in [1.165, 1.54) is 61.9 Å². The Morgan fingerprint density at radius 3 is 2.79 bits per heavy atom. The highest BCUT2D eigenvalue weighted by Crippen LogP contribution is 2.35. The summed E-state index contributed by atoms with van der Waals surface area (Å²) in [5.74, 6) is 0. The Morgan fingerprint density at radius 2 is 2.05 bits per heavy atom. The molecule has 1 aliphatic carbocycles. The van der Waals surface area contributed by atoms with E-state index in [-0.39, 0.29) is 6.10 Å². The predicted octanol–water partition coefficient (Wildman–Crippen LogP) is 3.31. The molecular weight excluding hydrogens is 234 g/mol. The Kier molecular flexibility index (Phi) is 3.79. The zero-order valence-corrected chi connectivity index (χ0v) is 11.9. The summed E-state index contributed by atoms with van der Waals surface area (Å²) < 4.78 is 0. The van der Waals surface area contributed by atoms with E-state index in [0.717, 1.165) is 12.5 Å². The van der Waals surface area contributed by atoms with Crippen LogP contribution in [0, 0.1) is 0 Å². The van der Waals surface area contributed by atoms with Crippen molar-refractivity contribution in [3.05, 3.63) is 29.3 Å². The van der Waals surface area contributed by atoms with Crippen LogP contribution < -0.4 is 4.90 Å². The van der Waals surface area contributed by atoms with Gasteiger partial charge in [-0.1, -0.05) is 31.4 Å². The lowest BCUT2D eigenvalue weighted by atomic mass is 9.94. The van der Waals surface area contributed by atoms with Gasteiger partial charge in [-0.3, -0.25) is 0 Å². The van der Waals surface area contributed by atoms with Crippen molar-refractivity contribution in [3.63, 3.8) is 0 Å². The van der Waals surface area contributed by atoms with Gasteiger partial charge < -0.3 is 10.0 Å². The van der Waals surface area contributed by atoms with Crippen LogP contribution in [0.25, 0.3) is 0 Å². The Balaban J connectivity index is 1.77. The fourth-order valence-electron chi connectivity index (χ4n) is 3.72. The average Bonchev–Trinajstić information content (AvgIpc) is 2.82. The maximum atomic E-state index is 9.50. The molecule has 0 radical (unpaired) electrons. The molecule has 1 aromatic carbocycles. The van der Waals surface area contributed by atoms with Crippen molar-refractivity contribution in [2.75, 3.05) is 11.4 Å². The van der Waals surface area contributed by atoms with Gasteiger partial charge in [-0.15, -0.1) is 0 Å². The second-order valence-electron chi connectivity index (χ2n) is 6.25. The zero-order chi connectivity index (χ0) is 13.2. The van der Waals surface area contributed by atoms with Crippen molar-refractivity contribution >= 4 is 5.69 Å². The van der Waals surface area contributed by atoms with Crippen LogP contribution in [-0.2, 0) is 12.8 Å². The van der Waals surface area contributed by atoms with E-state index in [9.17, 15) is 5.11 Å². The monoisotopic (exact) mass is 259 g/mol. The van der Waals surface area contributed by atoms with Gasteiger partial charge in [-0.05, 0) is 49.8 Å². The molecule has 0 aromatic heterocycles. The average molecular weight is 259 g/mol. The van der Waals surface area contributed by atoms with Crippen LogP contribution in [0.5, 0.6) is 0 Å². The van der Waals surface area contributed by atoms with E-state index >= 15 is 0 Å². The highest BCUT2D eigenvalue weighted by atomic mass is 16.3. The first-order chi connectivity index (χ1) is 9.24. The maximum Gasteiger partial charge on any atom is 0.0552 e.